The van der Waals surface area contributed by atoms with Crippen molar-refractivity contribution in [3.8, 4) is 5.75 Å². The number of rotatable bonds is 4. The molecule has 0 fully saturated rings. The standard InChI is InChI=1S/C12H12ClN3O/c1-14-12-3-2-9(5-16-12)8-17-11-4-10(13)6-15-7-11/h2-7H,8H2,1H3,(H,14,16). The molecule has 0 spiro atoms. The number of ether oxygens (including phenoxy) is 1. The van der Waals surface area contributed by atoms with E-state index < -0.39 is 0 Å². The average Bonchev–Trinajstić information content (AvgIpc) is 2.37. The molecule has 2 rings (SSSR count). The topological polar surface area (TPSA) is 47.0 Å². The molecule has 2 aromatic rings. The minimum absolute atomic E-state index is 0.443. The van der Waals surface area contributed by atoms with Crippen molar-refractivity contribution in [2.75, 3.05) is 12.4 Å². The summed E-state index contributed by atoms with van der Waals surface area (Å²) < 4.78 is 5.54. The number of anilines is 1. The van der Waals surface area contributed by atoms with E-state index in [9.17, 15) is 0 Å². The van der Waals surface area contributed by atoms with Gasteiger partial charge in [0.25, 0.3) is 0 Å². The van der Waals surface area contributed by atoms with E-state index in [0.29, 0.717) is 17.4 Å². The summed E-state index contributed by atoms with van der Waals surface area (Å²) in [6.07, 6.45) is 4.96. The van der Waals surface area contributed by atoms with Crippen LogP contribution in [0.4, 0.5) is 5.82 Å². The highest BCUT2D eigenvalue weighted by atomic mass is 35.5. The van der Waals surface area contributed by atoms with Crippen molar-refractivity contribution in [1.82, 2.24) is 9.97 Å². The predicted molar refractivity (Wildman–Crippen MR) is 67.4 cm³/mol. The molecule has 4 nitrogen and oxygen atoms in total. The third kappa shape index (κ3) is 3.32. The van der Waals surface area contributed by atoms with Gasteiger partial charge in [0.05, 0.1) is 11.2 Å². The first-order valence-corrected chi connectivity index (χ1v) is 5.52. The van der Waals surface area contributed by atoms with Crippen LogP contribution < -0.4 is 10.1 Å². The number of hydrogen-bond acceptors (Lipinski definition) is 4. The molecule has 0 aliphatic heterocycles. The van der Waals surface area contributed by atoms with Gasteiger partial charge in [0, 0.05) is 31.1 Å². The Morgan fingerprint density at radius 2 is 2.18 bits per heavy atom. The van der Waals surface area contributed by atoms with E-state index in [1.807, 2.05) is 19.2 Å². The van der Waals surface area contributed by atoms with Crippen molar-refractivity contribution in [2.24, 2.45) is 0 Å². The lowest BCUT2D eigenvalue weighted by Gasteiger charge is -2.06. The smallest absolute Gasteiger partial charge is 0.139 e. The van der Waals surface area contributed by atoms with Crippen molar-refractivity contribution in [1.29, 1.82) is 0 Å². The number of pyridine rings is 2. The van der Waals surface area contributed by atoms with Crippen LogP contribution in [0.2, 0.25) is 5.02 Å². The second-order valence-electron chi connectivity index (χ2n) is 3.43. The second kappa shape index (κ2) is 5.50. The Bertz CT molecular complexity index is 487. The molecule has 0 radical (unpaired) electrons. The molecule has 2 heterocycles. The van der Waals surface area contributed by atoms with Gasteiger partial charge >= 0.3 is 0 Å². The molecule has 0 amide bonds. The lowest BCUT2D eigenvalue weighted by molar-refractivity contribution is 0.304. The van der Waals surface area contributed by atoms with E-state index >= 15 is 0 Å². The molecule has 5 heteroatoms. The summed E-state index contributed by atoms with van der Waals surface area (Å²) in [6, 6.07) is 5.58. The minimum Gasteiger partial charge on any atom is -0.487 e. The quantitative estimate of drug-likeness (QED) is 0.905. The van der Waals surface area contributed by atoms with Gasteiger partial charge in [0.1, 0.15) is 18.2 Å². The Balaban J connectivity index is 1.97. The summed E-state index contributed by atoms with van der Waals surface area (Å²) in [4.78, 5) is 8.14. The van der Waals surface area contributed by atoms with E-state index in [0.717, 1.165) is 11.4 Å². The van der Waals surface area contributed by atoms with Crippen LogP contribution >= 0.6 is 11.6 Å². The third-order valence-corrected chi connectivity index (χ3v) is 2.37. The minimum atomic E-state index is 0.443. The molecule has 0 aliphatic rings. The monoisotopic (exact) mass is 249 g/mol. The van der Waals surface area contributed by atoms with Gasteiger partial charge in [-0.25, -0.2) is 4.98 Å². The fraction of sp³-hybridized carbons (Fsp3) is 0.167. The molecule has 0 aromatic carbocycles. The molecule has 0 saturated heterocycles. The molecule has 88 valence electrons. The van der Waals surface area contributed by atoms with Crippen molar-refractivity contribution in [3.63, 3.8) is 0 Å². The summed E-state index contributed by atoms with van der Waals surface area (Å²) in [5.41, 5.74) is 0.990. The van der Waals surface area contributed by atoms with Gasteiger partial charge in [-0.2, -0.15) is 0 Å². The Kier molecular flexibility index (Phi) is 3.77. The van der Waals surface area contributed by atoms with Crippen molar-refractivity contribution >= 4 is 17.4 Å². The van der Waals surface area contributed by atoms with Crippen molar-refractivity contribution < 1.29 is 4.74 Å². The Morgan fingerprint density at radius 3 is 2.82 bits per heavy atom. The second-order valence-corrected chi connectivity index (χ2v) is 3.87. The van der Waals surface area contributed by atoms with Crippen molar-refractivity contribution in [3.05, 3.63) is 47.4 Å². The highest BCUT2D eigenvalue weighted by molar-refractivity contribution is 6.30. The van der Waals surface area contributed by atoms with Gasteiger partial charge in [-0.3, -0.25) is 4.98 Å². The Hall–Kier alpha value is -1.81. The highest BCUT2D eigenvalue weighted by Gasteiger charge is 1.98. The molecule has 0 saturated carbocycles. The first-order chi connectivity index (χ1) is 8.28. The zero-order chi connectivity index (χ0) is 12.1. The highest BCUT2D eigenvalue weighted by Crippen LogP contribution is 2.16. The number of hydrogen-bond donors (Lipinski definition) is 1. The number of halogens is 1. The first-order valence-electron chi connectivity index (χ1n) is 5.14. The summed E-state index contributed by atoms with van der Waals surface area (Å²) >= 11 is 5.80. The Morgan fingerprint density at radius 1 is 1.29 bits per heavy atom. The van der Waals surface area contributed by atoms with Gasteiger partial charge < -0.3 is 10.1 Å². The van der Waals surface area contributed by atoms with Gasteiger partial charge in [-0.1, -0.05) is 17.7 Å². The van der Waals surface area contributed by atoms with Crippen LogP contribution in [0.15, 0.2) is 36.8 Å². The summed E-state index contributed by atoms with van der Waals surface area (Å²) in [7, 11) is 1.83. The molecule has 1 N–H and O–H groups in total. The normalized spacial score (nSPS) is 10.0. The fourth-order valence-corrected chi connectivity index (χ4v) is 1.46. The number of aromatic nitrogens is 2. The van der Waals surface area contributed by atoms with E-state index in [2.05, 4.69) is 15.3 Å². The van der Waals surface area contributed by atoms with Gasteiger partial charge in [-0.15, -0.1) is 0 Å². The van der Waals surface area contributed by atoms with Gasteiger partial charge in [0.15, 0.2) is 0 Å². The Labute approximate surface area is 105 Å². The lowest BCUT2D eigenvalue weighted by Crippen LogP contribution is -1.98. The molecule has 2 aromatic heterocycles. The SMILES string of the molecule is CNc1ccc(COc2cncc(Cl)c2)cn1. The maximum absolute atomic E-state index is 5.80. The van der Waals surface area contributed by atoms with Crippen LogP contribution in [0.3, 0.4) is 0 Å². The first kappa shape index (κ1) is 11.7. The number of nitrogens with zero attached hydrogens (tertiary/aromatic N) is 2. The summed E-state index contributed by atoms with van der Waals surface area (Å²) in [5.74, 6) is 1.48. The van der Waals surface area contributed by atoms with Crippen LogP contribution in [-0.4, -0.2) is 17.0 Å². The molecular formula is C12H12ClN3O. The molecule has 0 atom stereocenters. The van der Waals surface area contributed by atoms with Gasteiger partial charge in [-0.05, 0) is 6.07 Å². The average molecular weight is 250 g/mol. The van der Waals surface area contributed by atoms with E-state index in [1.54, 1.807) is 24.7 Å². The van der Waals surface area contributed by atoms with Crippen molar-refractivity contribution in [2.45, 2.75) is 6.61 Å². The van der Waals surface area contributed by atoms with Crippen LogP contribution in [0.25, 0.3) is 0 Å². The molecule has 0 unspecified atom stereocenters. The maximum atomic E-state index is 5.80. The summed E-state index contributed by atoms with van der Waals surface area (Å²) in [6.45, 7) is 0.443. The fourth-order valence-electron chi connectivity index (χ4n) is 1.30. The van der Waals surface area contributed by atoms with Crippen LogP contribution in [-0.2, 0) is 6.61 Å². The zero-order valence-electron chi connectivity index (χ0n) is 9.35. The third-order valence-electron chi connectivity index (χ3n) is 2.17. The van der Waals surface area contributed by atoms with Gasteiger partial charge in [0.2, 0.25) is 0 Å². The lowest BCUT2D eigenvalue weighted by atomic mass is 10.3. The number of nitrogens with one attached hydrogen (secondary N) is 1. The van der Waals surface area contributed by atoms with E-state index in [1.165, 1.54) is 0 Å². The van der Waals surface area contributed by atoms with E-state index in [-0.39, 0.29) is 0 Å². The van der Waals surface area contributed by atoms with Crippen LogP contribution in [0, 0.1) is 0 Å². The molecule has 0 aliphatic carbocycles. The summed E-state index contributed by atoms with van der Waals surface area (Å²) in [5, 5.41) is 3.52. The predicted octanol–water partition coefficient (Wildman–Crippen LogP) is 2.75. The zero-order valence-corrected chi connectivity index (χ0v) is 10.1. The largest absolute Gasteiger partial charge is 0.487 e. The maximum Gasteiger partial charge on any atom is 0.139 e. The van der Waals surface area contributed by atoms with E-state index in [4.69, 9.17) is 16.3 Å². The van der Waals surface area contributed by atoms with Crippen LogP contribution in [0.1, 0.15) is 5.56 Å². The molecular weight excluding hydrogens is 238 g/mol. The molecule has 17 heavy (non-hydrogen) atoms. The molecule has 0 bridgehead atoms. The van der Waals surface area contributed by atoms with Crippen LogP contribution in [0.5, 0.6) is 5.75 Å².